The molecule has 0 amide bonds. The van der Waals surface area contributed by atoms with Crippen molar-refractivity contribution in [2.45, 2.75) is 59.2 Å². The fourth-order valence-electron chi connectivity index (χ4n) is 4.26. The van der Waals surface area contributed by atoms with Crippen LogP contribution in [0.3, 0.4) is 0 Å². The van der Waals surface area contributed by atoms with E-state index in [0.717, 1.165) is 12.8 Å². The molecule has 2 saturated carbocycles. The van der Waals surface area contributed by atoms with Crippen molar-refractivity contribution in [1.82, 2.24) is 0 Å². The Morgan fingerprint density at radius 2 is 1.35 bits per heavy atom. The van der Waals surface area contributed by atoms with Gasteiger partial charge in [-0.25, -0.2) is 0 Å². The highest BCUT2D eigenvalue weighted by atomic mass is 16.3. The number of fused-ring (bicyclic) bond motifs is 1. The Morgan fingerprint density at radius 3 is 1.88 bits per heavy atom. The van der Waals surface area contributed by atoms with Gasteiger partial charge in [-0.1, -0.05) is 27.7 Å². The van der Waals surface area contributed by atoms with Crippen LogP contribution in [0.2, 0.25) is 0 Å². The Morgan fingerprint density at radius 1 is 0.824 bits per heavy atom. The molecule has 2 N–H and O–H groups in total. The SMILES string of the molecule is CC(C)[C@H]1CCC2C[C@@H](C(C)C)C(O)C2C1O. The smallest absolute Gasteiger partial charge is 0.0626 e. The van der Waals surface area contributed by atoms with E-state index in [1.165, 1.54) is 6.42 Å². The third-order valence-electron chi connectivity index (χ3n) is 5.37. The van der Waals surface area contributed by atoms with E-state index in [1.807, 2.05) is 0 Å². The summed E-state index contributed by atoms with van der Waals surface area (Å²) >= 11 is 0. The first kappa shape index (κ1) is 13.4. The molecule has 17 heavy (non-hydrogen) atoms. The molecule has 2 fully saturated rings. The van der Waals surface area contributed by atoms with E-state index in [-0.39, 0.29) is 18.1 Å². The second-order valence-electron chi connectivity index (χ2n) is 6.95. The van der Waals surface area contributed by atoms with Crippen molar-refractivity contribution >= 4 is 0 Å². The van der Waals surface area contributed by atoms with Gasteiger partial charge in [0.1, 0.15) is 0 Å². The fourth-order valence-corrected chi connectivity index (χ4v) is 4.26. The first-order valence-corrected chi connectivity index (χ1v) is 7.29. The van der Waals surface area contributed by atoms with Crippen LogP contribution in [0.4, 0.5) is 0 Å². The topological polar surface area (TPSA) is 40.5 Å². The zero-order chi connectivity index (χ0) is 12.7. The van der Waals surface area contributed by atoms with Crippen molar-refractivity contribution < 1.29 is 10.2 Å². The molecule has 0 aromatic heterocycles. The molecular weight excluding hydrogens is 212 g/mol. The first-order valence-electron chi connectivity index (χ1n) is 7.29. The lowest BCUT2D eigenvalue weighted by Gasteiger charge is -2.40. The second-order valence-corrected chi connectivity index (χ2v) is 6.95. The number of hydrogen-bond acceptors (Lipinski definition) is 2. The summed E-state index contributed by atoms with van der Waals surface area (Å²) in [7, 11) is 0. The zero-order valence-electron chi connectivity index (χ0n) is 11.6. The average Bonchev–Trinajstić information content (AvgIpc) is 2.56. The molecular formula is C15H28O2. The van der Waals surface area contributed by atoms with Crippen molar-refractivity contribution in [2.24, 2.45) is 35.5 Å². The van der Waals surface area contributed by atoms with Gasteiger partial charge in [-0.3, -0.25) is 0 Å². The van der Waals surface area contributed by atoms with Gasteiger partial charge in [0, 0.05) is 5.92 Å². The predicted octanol–water partition coefficient (Wildman–Crippen LogP) is 2.68. The van der Waals surface area contributed by atoms with Crippen molar-refractivity contribution in [3.63, 3.8) is 0 Å². The molecule has 100 valence electrons. The first-order chi connectivity index (χ1) is 7.93. The Kier molecular flexibility index (Phi) is 3.84. The summed E-state index contributed by atoms with van der Waals surface area (Å²) in [5.74, 6) is 2.53. The highest BCUT2D eigenvalue weighted by Gasteiger charge is 2.50. The molecule has 0 heterocycles. The highest BCUT2D eigenvalue weighted by Crippen LogP contribution is 2.50. The molecule has 0 spiro atoms. The van der Waals surface area contributed by atoms with Crippen LogP contribution in [0.25, 0.3) is 0 Å². The minimum atomic E-state index is -0.285. The molecule has 6 atom stereocenters. The molecule has 0 aromatic rings. The molecule has 2 rings (SSSR count). The van der Waals surface area contributed by atoms with Gasteiger partial charge in [0.05, 0.1) is 12.2 Å². The van der Waals surface area contributed by atoms with Crippen molar-refractivity contribution in [1.29, 1.82) is 0 Å². The molecule has 2 aliphatic carbocycles. The van der Waals surface area contributed by atoms with Crippen LogP contribution >= 0.6 is 0 Å². The summed E-state index contributed by atoms with van der Waals surface area (Å²) in [5.41, 5.74) is 0. The summed E-state index contributed by atoms with van der Waals surface area (Å²) < 4.78 is 0. The molecule has 2 aliphatic rings. The van der Waals surface area contributed by atoms with E-state index < -0.39 is 0 Å². The molecule has 2 heteroatoms. The maximum absolute atomic E-state index is 10.5. The van der Waals surface area contributed by atoms with Gasteiger partial charge in [-0.15, -0.1) is 0 Å². The molecule has 4 unspecified atom stereocenters. The van der Waals surface area contributed by atoms with Gasteiger partial charge < -0.3 is 10.2 Å². The fraction of sp³-hybridized carbons (Fsp3) is 1.00. The van der Waals surface area contributed by atoms with Crippen LogP contribution < -0.4 is 0 Å². The Balaban J connectivity index is 2.13. The van der Waals surface area contributed by atoms with E-state index in [9.17, 15) is 10.2 Å². The van der Waals surface area contributed by atoms with Gasteiger partial charge in [0.25, 0.3) is 0 Å². The Hall–Kier alpha value is -0.0800. The third-order valence-corrected chi connectivity index (χ3v) is 5.37. The molecule has 0 saturated heterocycles. The Bertz CT molecular complexity index is 256. The van der Waals surface area contributed by atoms with Gasteiger partial charge in [-0.2, -0.15) is 0 Å². The molecule has 0 aliphatic heterocycles. The van der Waals surface area contributed by atoms with Crippen molar-refractivity contribution in [2.75, 3.05) is 0 Å². The molecule has 2 nitrogen and oxygen atoms in total. The number of aliphatic hydroxyl groups excluding tert-OH is 2. The van der Waals surface area contributed by atoms with Gasteiger partial charge in [-0.05, 0) is 48.9 Å². The van der Waals surface area contributed by atoms with E-state index >= 15 is 0 Å². The maximum Gasteiger partial charge on any atom is 0.0626 e. The standard InChI is InChI=1S/C15H28O2/c1-8(2)11-6-5-10-7-12(9(3)4)15(17)13(10)14(11)16/h8-17H,5-7H2,1-4H3/t10?,11-,12+,13?,14?,15?/m1/s1. The van der Waals surface area contributed by atoms with Crippen molar-refractivity contribution in [3.8, 4) is 0 Å². The summed E-state index contributed by atoms with van der Waals surface area (Å²) in [6.07, 6.45) is 2.89. The van der Waals surface area contributed by atoms with Gasteiger partial charge >= 0.3 is 0 Å². The summed E-state index contributed by atoms with van der Waals surface area (Å²) in [4.78, 5) is 0. The number of aliphatic hydroxyl groups is 2. The minimum Gasteiger partial charge on any atom is -0.392 e. The Labute approximate surface area is 105 Å². The maximum atomic E-state index is 10.5. The quantitative estimate of drug-likeness (QED) is 0.779. The van der Waals surface area contributed by atoms with Crippen LogP contribution in [0.15, 0.2) is 0 Å². The predicted molar refractivity (Wildman–Crippen MR) is 69.5 cm³/mol. The monoisotopic (exact) mass is 240 g/mol. The van der Waals surface area contributed by atoms with Crippen LogP contribution in [0.1, 0.15) is 47.0 Å². The molecule has 0 radical (unpaired) electrons. The zero-order valence-corrected chi connectivity index (χ0v) is 11.6. The second kappa shape index (κ2) is 4.89. The van der Waals surface area contributed by atoms with E-state index in [1.54, 1.807) is 0 Å². The van der Waals surface area contributed by atoms with Gasteiger partial charge in [0.2, 0.25) is 0 Å². The number of rotatable bonds is 2. The van der Waals surface area contributed by atoms with Gasteiger partial charge in [0.15, 0.2) is 0 Å². The lowest BCUT2D eigenvalue weighted by molar-refractivity contribution is -0.0675. The van der Waals surface area contributed by atoms with E-state index in [0.29, 0.717) is 29.6 Å². The number of hydrogen-bond donors (Lipinski definition) is 2. The molecule has 0 bridgehead atoms. The summed E-state index contributed by atoms with van der Waals surface area (Å²) in [5, 5.41) is 21.0. The molecule has 0 aromatic carbocycles. The third kappa shape index (κ3) is 2.26. The average molecular weight is 240 g/mol. The van der Waals surface area contributed by atoms with Crippen LogP contribution in [-0.4, -0.2) is 22.4 Å². The van der Waals surface area contributed by atoms with Crippen LogP contribution in [0, 0.1) is 35.5 Å². The van der Waals surface area contributed by atoms with Crippen molar-refractivity contribution in [3.05, 3.63) is 0 Å². The lowest BCUT2D eigenvalue weighted by atomic mass is 9.69. The van der Waals surface area contributed by atoms with Crippen LogP contribution in [0.5, 0.6) is 0 Å². The largest absolute Gasteiger partial charge is 0.392 e. The highest BCUT2D eigenvalue weighted by molar-refractivity contribution is 5.00. The minimum absolute atomic E-state index is 0.142. The summed E-state index contributed by atoms with van der Waals surface area (Å²) in [6, 6.07) is 0. The van der Waals surface area contributed by atoms with E-state index in [4.69, 9.17) is 0 Å². The van der Waals surface area contributed by atoms with Crippen LogP contribution in [-0.2, 0) is 0 Å². The normalized spacial score (nSPS) is 46.6. The van der Waals surface area contributed by atoms with E-state index in [2.05, 4.69) is 27.7 Å². The lowest BCUT2D eigenvalue weighted by Crippen LogP contribution is -2.44. The summed E-state index contributed by atoms with van der Waals surface area (Å²) in [6.45, 7) is 8.76.